The molecule has 0 saturated carbocycles. The summed E-state index contributed by atoms with van der Waals surface area (Å²) in [6, 6.07) is 25.1. The summed E-state index contributed by atoms with van der Waals surface area (Å²) in [6.45, 7) is 6.16. The van der Waals surface area contributed by atoms with Crippen molar-refractivity contribution >= 4 is 11.7 Å². The number of carboxylic acids is 1. The van der Waals surface area contributed by atoms with Crippen molar-refractivity contribution in [1.29, 1.82) is 0 Å². The van der Waals surface area contributed by atoms with Gasteiger partial charge in [0.25, 0.3) is 0 Å². The molecule has 2 aromatic carbocycles. The van der Waals surface area contributed by atoms with Crippen LogP contribution in [0, 0.1) is 0 Å². The summed E-state index contributed by atoms with van der Waals surface area (Å²) in [6.07, 6.45) is 5.47. The Kier molecular flexibility index (Phi) is 8.78. The maximum atomic E-state index is 11.3. The first-order valence-electron chi connectivity index (χ1n) is 14.0. The number of aliphatic carboxylic acids is 1. The van der Waals surface area contributed by atoms with E-state index in [4.69, 9.17) is 9.52 Å². The molecular formula is C32H38N4O3. The van der Waals surface area contributed by atoms with Crippen LogP contribution < -0.4 is 5.32 Å². The molecule has 4 aromatic rings. The molecule has 0 unspecified atom stereocenters. The summed E-state index contributed by atoms with van der Waals surface area (Å²) < 4.78 is 7.66. The fourth-order valence-corrected chi connectivity index (χ4v) is 5.66. The second-order valence-electron chi connectivity index (χ2n) is 10.4. The third kappa shape index (κ3) is 6.98. The number of furan rings is 1. The molecule has 7 heteroatoms. The predicted molar refractivity (Wildman–Crippen MR) is 153 cm³/mol. The summed E-state index contributed by atoms with van der Waals surface area (Å²) in [4.78, 5) is 13.8. The zero-order chi connectivity index (χ0) is 27.0. The van der Waals surface area contributed by atoms with E-state index in [0.717, 1.165) is 63.2 Å². The molecule has 1 saturated heterocycles. The van der Waals surface area contributed by atoms with Gasteiger partial charge in [0.2, 0.25) is 0 Å². The van der Waals surface area contributed by atoms with Crippen LogP contribution in [0.5, 0.6) is 0 Å². The topological polar surface area (TPSA) is 83.5 Å². The number of rotatable bonds is 12. The molecule has 0 bridgehead atoms. The number of hydrogen-bond donors (Lipinski definition) is 2. The lowest BCUT2D eigenvalue weighted by Gasteiger charge is -2.33. The maximum Gasteiger partial charge on any atom is 0.311 e. The van der Waals surface area contributed by atoms with Crippen LogP contribution in [0.2, 0.25) is 0 Å². The van der Waals surface area contributed by atoms with Crippen LogP contribution in [-0.2, 0) is 24.2 Å². The lowest BCUT2D eigenvalue weighted by molar-refractivity contribution is -0.136. The second-order valence-corrected chi connectivity index (χ2v) is 10.4. The molecule has 7 nitrogen and oxygen atoms in total. The number of nitrogens with zero attached hydrogens (tertiary/aromatic N) is 3. The van der Waals surface area contributed by atoms with Crippen LogP contribution in [0.3, 0.4) is 0 Å². The Morgan fingerprint density at radius 3 is 2.49 bits per heavy atom. The Bertz CT molecular complexity index is 1320. The molecule has 3 heterocycles. The molecule has 1 aliphatic rings. The Balaban J connectivity index is 1.19. The van der Waals surface area contributed by atoms with Crippen molar-refractivity contribution in [1.82, 2.24) is 14.7 Å². The highest BCUT2D eigenvalue weighted by molar-refractivity contribution is 5.72. The number of likely N-dealkylation sites (tertiary alicyclic amines) is 1. The third-order valence-electron chi connectivity index (χ3n) is 7.72. The highest BCUT2D eigenvalue weighted by Gasteiger charge is 2.25. The standard InChI is InChI=1S/C32H38N4O3/c1-2-36-30(22-27(34-36)21-24-9-5-3-6-10-24)26-13-17-35(18-14-26)19-15-28(25-11-7-4-8-12-25)33-29-16-20-39-31(29)23-32(37)38/h3-12,16,20,22,26,28,33H,2,13-15,17-19,21,23H2,1H3,(H,37,38)/t28-/m0/s1. The van der Waals surface area contributed by atoms with Gasteiger partial charge in [0.15, 0.2) is 0 Å². The van der Waals surface area contributed by atoms with E-state index >= 15 is 0 Å². The first-order chi connectivity index (χ1) is 19.1. The minimum Gasteiger partial charge on any atom is -0.481 e. The van der Waals surface area contributed by atoms with Gasteiger partial charge in [-0.05, 0) is 62.5 Å². The Hall–Kier alpha value is -3.84. The normalized spacial score (nSPS) is 15.3. The molecule has 0 amide bonds. The van der Waals surface area contributed by atoms with E-state index in [1.54, 1.807) is 6.26 Å². The summed E-state index contributed by atoms with van der Waals surface area (Å²) in [5, 5.41) is 17.7. The summed E-state index contributed by atoms with van der Waals surface area (Å²) in [5.74, 6) is 0.0953. The fraction of sp³-hybridized carbons (Fsp3) is 0.375. The van der Waals surface area contributed by atoms with E-state index in [9.17, 15) is 9.90 Å². The van der Waals surface area contributed by atoms with Gasteiger partial charge in [0.05, 0.1) is 23.7 Å². The molecule has 0 radical (unpaired) electrons. The molecule has 1 aliphatic heterocycles. The second kappa shape index (κ2) is 12.8. The molecular weight excluding hydrogens is 488 g/mol. The van der Waals surface area contributed by atoms with Gasteiger partial charge in [-0.3, -0.25) is 9.48 Å². The first-order valence-corrected chi connectivity index (χ1v) is 14.0. The SMILES string of the molecule is CCn1nc(Cc2ccccc2)cc1C1CCN(CC[C@H](Nc2ccoc2CC(=O)O)c2ccccc2)CC1. The van der Waals surface area contributed by atoms with E-state index < -0.39 is 5.97 Å². The zero-order valence-electron chi connectivity index (χ0n) is 22.6. The van der Waals surface area contributed by atoms with Gasteiger partial charge in [-0.1, -0.05) is 60.7 Å². The van der Waals surface area contributed by atoms with E-state index in [-0.39, 0.29) is 12.5 Å². The van der Waals surface area contributed by atoms with E-state index in [1.165, 1.54) is 16.8 Å². The fourth-order valence-electron chi connectivity index (χ4n) is 5.66. The summed E-state index contributed by atoms with van der Waals surface area (Å²) in [7, 11) is 0. The van der Waals surface area contributed by atoms with Crippen molar-refractivity contribution < 1.29 is 14.3 Å². The van der Waals surface area contributed by atoms with Crippen molar-refractivity contribution in [2.75, 3.05) is 25.0 Å². The molecule has 2 N–H and O–H groups in total. The van der Waals surface area contributed by atoms with Crippen molar-refractivity contribution in [3.63, 3.8) is 0 Å². The molecule has 0 aliphatic carbocycles. The minimum atomic E-state index is -0.899. The lowest BCUT2D eigenvalue weighted by Crippen LogP contribution is -2.35. The molecule has 1 atom stereocenters. The van der Waals surface area contributed by atoms with E-state index in [0.29, 0.717) is 11.7 Å². The van der Waals surface area contributed by atoms with Gasteiger partial charge < -0.3 is 19.7 Å². The van der Waals surface area contributed by atoms with Gasteiger partial charge in [-0.2, -0.15) is 5.10 Å². The number of anilines is 1. The number of carbonyl (C=O) groups is 1. The number of benzene rings is 2. The van der Waals surface area contributed by atoms with Crippen molar-refractivity contribution in [3.05, 3.63) is 107 Å². The first kappa shape index (κ1) is 26.8. The van der Waals surface area contributed by atoms with E-state index in [1.807, 2.05) is 24.3 Å². The number of carboxylic acid groups (broad SMARTS) is 1. The highest BCUT2D eigenvalue weighted by Crippen LogP contribution is 2.31. The van der Waals surface area contributed by atoms with E-state index in [2.05, 4.69) is 70.4 Å². The van der Waals surface area contributed by atoms with Crippen LogP contribution in [0.1, 0.15) is 66.4 Å². The van der Waals surface area contributed by atoms with Gasteiger partial charge in [0, 0.05) is 31.1 Å². The molecule has 1 fully saturated rings. The Morgan fingerprint density at radius 2 is 1.79 bits per heavy atom. The quantitative estimate of drug-likeness (QED) is 0.231. The number of aromatic nitrogens is 2. The van der Waals surface area contributed by atoms with Crippen molar-refractivity contribution in [3.8, 4) is 0 Å². The number of nitrogens with one attached hydrogen (secondary N) is 1. The van der Waals surface area contributed by atoms with Gasteiger partial charge in [0.1, 0.15) is 12.2 Å². The summed E-state index contributed by atoms with van der Waals surface area (Å²) >= 11 is 0. The largest absolute Gasteiger partial charge is 0.481 e. The highest BCUT2D eigenvalue weighted by atomic mass is 16.4. The molecule has 204 valence electrons. The Morgan fingerprint density at radius 1 is 1.08 bits per heavy atom. The molecule has 2 aromatic heterocycles. The predicted octanol–water partition coefficient (Wildman–Crippen LogP) is 6.14. The van der Waals surface area contributed by atoms with Crippen LogP contribution >= 0.6 is 0 Å². The van der Waals surface area contributed by atoms with Crippen LogP contribution in [0.4, 0.5) is 5.69 Å². The summed E-state index contributed by atoms with van der Waals surface area (Å²) in [5.41, 5.74) is 5.76. The van der Waals surface area contributed by atoms with Crippen LogP contribution in [-0.4, -0.2) is 45.4 Å². The molecule has 0 spiro atoms. The lowest BCUT2D eigenvalue weighted by atomic mass is 9.92. The average Bonchev–Trinajstić information content (AvgIpc) is 3.58. The van der Waals surface area contributed by atoms with Gasteiger partial charge >= 0.3 is 5.97 Å². The Labute approximate surface area is 230 Å². The van der Waals surface area contributed by atoms with Crippen molar-refractivity contribution in [2.24, 2.45) is 0 Å². The zero-order valence-corrected chi connectivity index (χ0v) is 22.6. The number of hydrogen-bond acceptors (Lipinski definition) is 5. The average molecular weight is 527 g/mol. The number of piperidine rings is 1. The third-order valence-corrected chi connectivity index (χ3v) is 7.72. The van der Waals surface area contributed by atoms with Crippen LogP contribution in [0.25, 0.3) is 0 Å². The molecule has 39 heavy (non-hydrogen) atoms. The smallest absolute Gasteiger partial charge is 0.311 e. The minimum absolute atomic E-state index is 0.0659. The monoisotopic (exact) mass is 526 g/mol. The van der Waals surface area contributed by atoms with Crippen molar-refractivity contribution in [2.45, 2.75) is 57.5 Å². The van der Waals surface area contributed by atoms with Gasteiger partial charge in [-0.25, -0.2) is 0 Å². The maximum absolute atomic E-state index is 11.3. The van der Waals surface area contributed by atoms with Crippen LogP contribution in [0.15, 0.2) is 83.5 Å². The van der Waals surface area contributed by atoms with Gasteiger partial charge in [-0.15, -0.1) is 0 Å². The number of aryl methyl sites for hydroxylation is 1. The molecule has 5 rings (SSSR count).